The van der Waals surface area contributed by atoms with E-state index in [2.05, 4.69) is 0 Å². The first-order valence-electron chi connectivity index (χ1n) is 6.93. The number of nitrogens with zero attached hydrogens (tertiary/aromatic N) is 3. The molecule has 0 aromatic heterocycles. The standard InChI is InChI=1S/C15H12ClN3O6/c1-15(2,9-3-5-11(6-4-9)17(20)21)10-7-12(18(22)23)14(16)13(8-10)19(24)25/h3-8H,1-2H3. The summed E-state index contributed by atoms with van der Waals surface area (Å²) in [7, 11) is 0. The number of halogens is 1. The van der Waals surface area contributed by atoms with E-state index in [-0.39, 0.29) is 5.69 Å². The zero-order valence-corrected chi connectivity index (χ0v) is 13.9. The van der Waals surface area contributed by atoms with Crippen LogP contribution in [-0.4, -0.2) is 14.8 Å². The first-order chi connectivity index (χ1) is 11.6. The predicted molar refractivity (Wildman–Crippen MR) is 90.0 cm³/mol. The van der Waals surface area contributed by atoms with E-state index >= 15 is 0 Å². The summed E-state index contributed by atoms with van der Waals surface area (Å²) in [4.78, 5) is 30.9. The SMILES string of the molecule is CC(C)(c1ccc([N+](=O)[O-])cc1)c1cc([N+](=O)[O-])c(Cl)c([N+](=O)[O-])c1. The highest BCUT2D eigenvalue weighted by Gasteiger charge is 2.32. The Morgan fingerprint density at radius 2 is 1.24 bits per heavy atom. The molecule has 0 bridgehead atoms. The van der Waals surface area contributed by atoms with Gasteiger partial charge in [0.2, 0.25) is 0 Å². The second kappa shape index (κ2) is 6.44. The van der Waals surface area contributed by atoms with Crippen molar-refractivity contribution in [1.82, 2.24) is 0 Å². The summed E-state index contributed by atoms with van der Waals surface area (Å²) < 4.78 is 0. The van der Waals surface area contributed by atoms with E-state index in [1.165, 1.54) is 36.4 Å². The van der Waals surface area contributed by atoms with E-state index in [1.807, 2.05) is 0 Å². The van der Waals surface area contributed by atoms with Gasteiger partial charge in [0, 0.05) is 29.7 Å². The van der Waals surface area contributed by atoms with Crippen molar-refractivity contribution in [3.63, 3.8) is 0 Å². The fourth-order valence-corrected chi connectivity index (χ4v) is 2.63. The zero-order chi connectivity index (χ0) is 18.9. The summed E-state index contributed by atoms with van der Waals surface area (Å²) in [5, 5.41) is 32.5. The van der Waals surface area contributed by atoms with E-state index in [0.717, 1.165) is 0 Å². The lowest BCUT2D eigenvalue weighted by molar-refractivity contribution is -0.394. The van der Waals surface area contributed by atoms with Crippen LogP contribution in [0.25, 0.3) is 0 Å². The minimum absolute atomic E-state index is 0.104. The smallest absolute Gasteiger partial charge is 0.258 e. The van der Waals surface area contributed by atoms with Gasteiger partial charge in [0.05, 0.1) is 14.8 Å². The summed E-state index contributed by atoms with van der Waals surface area (Å²) in [5.41, 5.74) is -1.22. The molecule has 0 aliphatic carbocycles. The van der Waals surface area contributed by atoms with E-state index in [9.17, 15) is 30.3 Å². The van der Waals surface area contributed by atoms with Crippen molar-refractivity contribution in [2.75, 3.05) is 0 Å². The number of nitro benzene ring substituents is 3. The van der Waals surface area contributed by atoms with Gasteiger partial charge < -0.3 is 0 Å². The van der Waals surface area contributed by atoms with Crippen molar-refractivity contribution in [3.05, 3.63) is 82.9 Å². The lowest BCUT2D eigenvalue weighted by Crippen LogP contribution is -2.19. The Labute approximate surface area is 146 Å². The first kappa shape index (κ1) is 18.3. The zero-order valence-electron chi connectivity index (χ0n) is 13.1. The van der Waals surface area contributed by atoms with Gasteiger partial charge in [0.15, 0.2) is 5.02 Å². The summed E-state index contributed by atoms with van der Waals surface area (Å²) in [6.45, 7) is 3.40. The number of hydrogen-bond donors (Lipinski definition) is 0. The van der Waals surface area contributed by atoms with Crippen LogP contribution in [0.15, 0.2) is 36.4 Å². The van der Waals surface area contributed by atoms with E-state index < -0.39 is 36.6 Å². The second-order valence-electron chi connectivity index (χ2n) is 5.77. The first-order valence-corrected chi connectivity index (χ1v) is 7.31. The average Bonchev–Trinajstić information content (AvgIpc) is 2.54. The van der Waals surface area contributed by atoms with Crippen LogP contribution < -0.4 is 0 Å². The molecule has 0 fully saturated rings. The van der Waals surface area contributed by atoms with Crippen LogP contribution in [-0.2, 0) is 5.41 Å². The third-order valence-corrected chi connectivity index (χ3v) is 4.34. The molecule has 0 N–H and O–H groups in total. The maximum atomic E-state index is 11.2. The van der Waals surface area contributed by atoms with E-state index in [1.54, 1.807) is 13.8 Å². The van der Waals surface area contributed by atoms with Crippen molar-refractivity contribution in [1.29, 1.82) is 0 Å². The number of benzene rings is 2. The van der Waals surface area contributed by atoms with Crippen molar-refractivity contribution in [3.8, 4) is 0 Å². The van der Waals surface area contributed by atoms with Crippen molar-refractivity contribution >= 4 is 28.7 Å². The second-order valence-corrected chi connectivity index (χ2v) is 6.15. The maximum Gasteiger partial charge on any atom is 0.295 e. The average molecular weight is 366 g/mol. The lowest BCUT2D eigenvalue weighted by atomic mass is 9.78. The van der Waals surface area contributed by atoms with Crippen LogP contribution in [0.1, 0.15) is 25.0 Å². The molecule has 0 aliphatic heterocycles. The van der Waals surface area contributed by atoms with Gasteiger partial charge in [-0.05, 0) is 11.1 Å². The van der Waals surface area contributed by atoms with Gasteiger partial charge in [0.25, 0.3) is 17.1 Å². The highest BCUT2D eigenvalue weighted by Crippen LogP contribution is 2.41. The third-order valence-electron chi connectivity index (χ3n) is 3.95. The normalized spacial score (nSPS) is 11.2. The Morgan fingerprint density at radius 1 is 0.800 bits per heavy atom. The molecule has 0 unspecified atom stereocenters. The predicted octanol–water partition coefficient (Wildman–Crippen LogP) is 4.39. The minimum Gasteiger partial charge on any atom is -0.258 e. The summed E-state index contributed by atoms with van der Waals surface area (Å²) in [6.07, 6.45) is 0. The Hall–Kier alpha value is -3.07. The van der Waals surface area contributed by atoms with Crippen LogP contribution in [0.4, 0.5) is 17.1 Å². The van der Waals surface area contributed by atoms with Crippen molar-refractivity contribution < 1.29 is 14.8 Å². The molecule has 0 amide bonds. The molecule has 130 valence electrons. The topological polar surface area (TPSA) is 129 Å². The Bertz CT molecular complexity index is 844. The molecule has 2 aromatic rings. The molecule has 0 heterocycles. The van der Waals surface area contributed by atoms with E-state index in [4.69, 9.17) is 11.6 Å². The molecule has 0 spiro atoms. The van der Waals surface area contributed by atoms with Crippen LogP contribution in [0, 0.1) is 30.3 Å². The highest BCUT2D eigenvalue weighted by molar-refractivity contribution is 6.34. The molecule has 0 saturated heterocycles. The maximum absolute atomic E-state index is 11.2. The molecule has 10 heteroatoms. The van der Waals surface area contributed by atoms with Gasteiger partial charge >= 0.3 is 0 Å². The van der Waals surface area contributed by atoms with Crippen LogP contribution in [0.5, 0.6) is 0 Å². The van der Waals surface area contributed by atoms with Crippen LogP contribution in [0.2, 0.25) is 5.02 Å². The molecule has 9 nitrogen and oxygen atoms in total. The van der Waals surface area contributed by atoms with Crippen molar-refractivity contribution in [2.45, 2.75) is 19.3 Å². The van der Waals surface area contributed by atoms with Gasteiger partial charge in [-0.1, -0.05) is 37.6 Å². The Balaban J connectivity index is 2.63. The lowest BCUT2D eigenvalue weighted by Gasteiger charge is -2.25. The fraction of sp³-hybridized carbons (Fsp3) is 0.200. The molecular weight excluding hydrogens is 354 g/mol. The number of hydrogen-bond acceptors (Lipinski definition) is 6. The summed E-state index contributed by atoms with van der Waals surface area (Å²) in [5.74, 6) is 0. The molecular formula is C15H12ClN3O6. The van der Waals surface area contributed by atoms with Gasteiger partial charge in [-0.2, -0.15) is 0 Å². The summed E-state index contributed by atoms with van der Waals surface area (Å²) in [6, 6.07) is 7.97. The number of rotatable bonds is 5. The quantitative estimate of drug-likeness (QED) is 0.570. The molecule has 0 radical (unpaired) electrons. The molecule has 2 rings (SSSR count). The minimum atomic E-state index is -0.880. The highest BCUT2D eigenvalue weighted by atomic mass is 35.5. The van der Waals surface area contributed by atoms with Gasteiger partial charge in [-0.15, -0.1) is 0 Å². The van der Waals surface area contributed by atoms with Crippen molar-refractivity contribution in [2.24, 2.45) is 0 Å². The largest absolute Gasteiger partial charge is 0.295 e. The number of nitro groups is 3. The van der Waals surface area contributed by atoms with Gasteiger partial charge in [0.1, 0.15) is 0 Å². The third kappa shape index (κ3) is 3.41. The fourth-order valence-electron chi connectivity index (χ4n) is 2.39. The molecule has 25 heavy (non-hydrogen) atoms. The number of non-ortho nitro benzene ring substituents is 1. The Kier molecular flexibility index (Phi) is 4.71. The molecule has 2 aromatic carbocycles. The van der Waals surface area contributed by atoms with Gasteiger partial charge in [-0.3, -0.25) is 30.3 Å². The molecule has 0 aliphatic rings. The van der Waals surface area contributed by atoms with E-state index in [0.29, 0.717) is 11.1 Å². The molecule has 0 saturated carbocycles. The van der Waals surface area contributed by atoms with Crippen LogP contribution in [0.3, 0.4) is 0 Å². The summed E-state index contributed by atoms with van der Waals surface area (Å²) >= 11 is 5.76. The molecule has 0 atom stereocenters. The van der Waals surface area contributed by atoms with Gasteiger partial charge in [-0.25, -0.2) is 0 Å². The Morgan fingerprint density at radius 3 is 1.60 bits per heavy atom. The monoisotopic (exact) mass is 365 g/mol. The van der Waals surface area contributed by atoms with Crippen LogP contribution >= 0.6 is 11.6 Å².